The zero-order valence-corrected chi connectivity index (χ0v) is 20.6. The van der Waals surface area contributed by atoms with Crippen LogP contribution in [-0.2, 0) is 0 Å². The number of azo groups is 1. The molecule has 0 atom stereocenters. The highest BCUT2D eigenvalue weighted by Gasteiger charge is 2.38. The fourth-order valence-electron chi connectivity index (χ4n) is 4.75. The van der Waals surface area contributed by atoms with Crippen molar-refractivity contribution < 1.29 is 9.59 Å². The molecule has 10 heteroatoms. The number of hydrogen-bond acceptors (Lipinski definition) is 6. The van der Waals surface area contributed by atoms with E-state index in [-0.39, 0.29) is 12.1 Å². The molecule has 2 aromatic rings. The Balaban J connectivity index is 1.41. The van der Waals surface area contributed by atoms with Crippen LogP contribution in [0.2, 0.25) is 0 Å². The topological polar surface area (TPSA) is 131 Å². The molecule has 2 saturated carbocycles. The van der Waals surface area contributed by atoms with Crippen LogP contribution in [0.4, 0.5) is 21.0 Å². The van der Waals surface area contributed by atoms with Gasteiger partial charge in [0.1, 0.15) is 0 Å². The molecule has 2 aromatic carbocycles. The lowest BCUT2D eigenvalue weighted by atomic mass is 9.88. The van der Waals surface area contributed by atoms with Crippen LogP contribution >= 0.6 is 0 Å². The summed E-state index contributed by atoms with van der Waals surface area (Å²) in [4.78, 5) is 25.5. The van der Waals surface area contributed by atoms with Crippen molar-refractivity contribution in [2.75, 3.05) is 10.9 Å². The van der Waals surface area contributed by atoms with Crippen LogP contribution in [0.3, 0.4) is 0 Å². The number of anilines is 2. The fourth-order valence-corrected chi connectivity index (χ4v) is 4.75. The van der Waals surface area contributed by atoms with E-state index in [0.717, 1.165) is 49.9 Å². The molecule has 0 unspecified atom stereocenters. The van der Waals surface area contributed by atoms with Gasteiger partial charge in [0, 0.05) is 0 Å². The summed E-state index contributed by atoms with van der Waals surface area (Å²) in [5, 5.41) is 15.6. The van der Waals surface area contributed by atoms with Gasteiger partial charge in [-0.05, 0) is 75.6 Å². The standard InChI is InChI=1S/C26H36N8O2/c35-23(31-29-21-13-5-1-6-14-21)27-25(17-9-3-10-18-25)33-34-26(19-11-4-12-20-26)28-24(36)32-30-22-15-7-2-8-16-22/h1-2,5-8,13-16,29-30H,3-4,9-12,17-20H2,(H2,27,31,35)(H2,28,32,36). The van der Waals surface area contributed by atoms with Crippen LogP contribution in [0.5, 0.6) is 0 Å². The lowest BCUT2D eigenvalue weighted by molar-refractivity contribution is 0.178. The molecule has 2 aliphatic carbocycles. The lowest BCUT2D eigenvalue weighted by Crippen LogP contribution is -2.55. The summed E-state index contributed by atoms with van der Waals surface area (Å²) in [6, 6.07) is 18.1. The number of amides is 4. The number of urea groups is 2. The SMILES string of the molecule is O=C(NNc1ccccc1)NC1(N=NC2(NC(=O)NNc3ccccc3)CCCCC2)CCCCC1. The Bertz CT molecular complexity index is 922. The number of rotatable bonds is 8. The quantitative estimate of drug-likeness (QED) is 0.217. The van der Waals surface area contributed by atoms with Crippen molar-refractivity contribution in [3.05, 3.63) is 60.7 Å². The maximum atomic E-state index is 12.7. The molecule has 0 heterocycles. The predicted molar refractivity (Wildman–Crippen MR) is 140 cm³/mol. The summed E-state index contributed by atoms with van der Waals surface area (Å²) in [5.74, 6) is 0. The highest BCUT2D eigenvalue weighted by molar-refractivity contribution is 5.77. The lowest BCUT2D eigenvalue weighted by Gasteiger charge is -2.37. The van der Waals surface area contributed by atoms with Gasteiger partial charge < -0.3 is 10.6 Å². The Morgan fingerprint density at radius 1 is 0.556 bits per heavy atom. The molecule has 36 heavy (non-hydrogen) atoms. The third-order valence-electron chi connectivity index (χ3n) is 6.68. The van der Waals surface area contributed by atoms with Gasteiger partial charge in [0.15, 0.2) is 11.3 Å². The van der Waals surface area contributed by atoms with Crippen molar-refractivity contribution in [1.82, 2.24) is 21.5 Å². The maximum absolute atomic E-state index is 12.7. The summed E-state index contributed by atoms with van der Waals surface area (Å²) >= 11 is 0. The highest BCUT2D eigenvalue weighted by Crippen LogP contribution is 2.34. The average molecular weight is 493 g/mol. The zero-order valence-electron chi connectivity index (χ0n) is 20.6. The number of carbonyl (C=O) groups excluding carboxylic acids is 2. The molecule has 0 spiro atoms. The Morgan fingerprint density at radius 3 is 1.28 bits per heavy atom. The van der Waals surface area contributed by atoms with Crippen LogP contribution in [0.25, 0.3) is 0 Å². The summed E-state index contributed by atoms with van der Waals surface area (Å²) < 4.78 is 0. The van der Waals surface area contributed by atoms with E-state index in [1.165, 1.54) is 0 Å². The van der Waals surface area contributed by atoms with Gasteiger partial charge in [0.05, 0.1) is 11.4 Å². The average Bonchev–Trinajstić information content (AvgIpc) is 2.92. The number of nitrogens with one attached hydrogen (secondary N) is 6. The van der Waals surface area contributed by atoms with E-state index in [1.54, 1.807) is 0 Å². The molecule has 4 amide bonds. The highest BCUT2D eigenvalue weighted by atomic mass is 16.2. The smallest absolute Gasteiger partial charge is 0.311 e. The van der Waals surface area contributed by atoms with Gasteiger partial charge in [0.25, 0.3) is 0 Å². The molecular weight excluding hydrogens is 456 g/mol. The van der Waals surface area contributed by atoms with Gasteiger partial charge in [-0.3, -0.25) is 21.7 Å². The van der Waals surface area contributed by atoms with Crippen LogP contribution < -0.4 is 32.3 Å². The summed E-state index contributed by atoms with van der Waals surface area (Å²) in [5.41, 5.74) is 11.2. The predicted octanol–water partition coefficient (Wildman–Crippen LogP) is 5.41. The van der Waals surface area contributed by atoms with Crippen molar-refractivity contribution in [3.63, 3.8) is 0 Å². The molecule has 4 rings (SSSR count). The second-order valence-electron chi connectivity index (χ2n) is 9.52. The van der Waals surface area contributed by atoms with Crippen LogP contribution in [0.15, 0.2) is 70.9 Å². The Kier molecular flexibility index (Phi) is 8.59. The zero-order chi connectivity index (χ0) is 25.1. The third kappa shape index (κ3) is 7.34. The number of hydrogen-bond donors (Lipinski definition) is 6. The van der Waals surface area contributed by atoms with Gasteiger partial charge >= 0.3 is 12.1 Å². The Hall–Kier alpha value is -3.82. The molecule has 2 aliphatic rings. The summed E-state index contributed by atoms with van der Waals surface area (Å²) in [6.07, 6.45) is 8.81. The van der Waals surface area contributed by atoms with E-state index in [2.05, 4.69) is 32.3 Å². The summed E-state index contributed by atoms with van der Waals surface area (Å²) in [7, 11) is 0. The van der Waals surface area contributed by atoms with E-state index in [4.69, 9.17) is 10.2 Å². The molecule has 0 bridgehead atoms. The van der Waals surface area contributed by atoms with Crippen molar-refractivity contribution in [2.24, 2.45) is 10.2 Å². The van der Waals surface area contributed by atoms with Crippen molar-refractivity contribution in [2.45, 2.75) is 75.5 Å². The maximum Gasteiger partial charge on any atom is 0.335 e. The normalized spacial score (nSPS) is 18.6. The molecule has 0 aliphatic heterocycles. The van der Waals surface area contributed by atoms with E-state index >= 15 is 0 Å². The first kappa shape index (κ1) is 25.3. The molecule has 0 saturated heterocycles. The number of hydrazine groups is 2. The Morgan fingerprint density at radius 2 is 0.917 bits per heavy atom. The van der Waals surface area contributed by atoms with E-state index in [9.17, 15) is 9.59 Å². The van der Waals surface area contributed by atoms with Gasteiger partial charge in [0.2, 0.25) is 0 Å². The van der Waals surface area contributed by atoms with Gasteiger partial charge in [-0.2, -0.15) is 10.2 Å². The first-order valence-corrected chi connectivity index (χ1v) is 12.8. The second-order valence-corrected chi connectivity index (χ2v) is 9.52. The Labute approximate surface area is 212 Å². The van der Waals surface area contributed by atoms with Gasteiger partial charge in [-0.25, -0.2) is 9.59 Å². The minimum atomic E-state index is -0.800. The van der Waals surface area contributed by atoms with E-state index in [1.807, 2.05) is 60.7 Å². The second kappa shape index (κ2) is 12.2. The molecule has 2 fully saturated rings. The number of para-hydroxylation sites is 2. The van der Waals surface area contributed by atoms with Crippen molar-refractivity contribution in [3.8, 4) is 0 Å². The van der Waals surface area contributed by atoms with E-state index in [0.29, 0.717) is 25.7 Å². The van der Waals surface area contributed by atoms with Crippen LogP contribution in [-0.4, -0.2) is 23.4 Å². The molecular formula is C26H36N8O2. The first-order chi connectivity index (χ1) is 17.6. The van der Waals surface area contributed by atoms with Crippen molar-refractivity contribution >= 4 is 23.4 Å². The van der Waals surface area contributed by atoms with Gasteiger partial charge in [-0.15, -0.1) is 0 Å². The van der Waals surface area contributed by atoms with Crippen LogP contribution in [0, 0.1) is 0 Å². The first-order valence-electron chi connectivity index (χ1n) is 12.8. The van der Waals surface area contributed by atoms with Crippen LogP contribution in [0.1, 0.15) is 64.2 Å². The minimum Gasteiger partial charge on any atom is -0.311 e. The van der Waals surface area contributed by atoms with Crippen molar-refractivity contribution in [1.29, 1.82) is 0 Å². The van der Waals surface area contributed by atoms with Gasteiger partial charge in [-0.1, -0.05) is 49.2 Å². The third-order valence-corrected chi connectivity index (χ3v) is 6.68. The number of nitrogens with zero attached hydrogens (tertiary/aromatic N) is 2. The molecule has 0 aromatic heterocycles. The summed E-state index contributed by atoms with van der Waals surface area (Å²) in [6.45, 7) is 0. The van der Waals surface area contributed by atoms with E-state index < -0.39 is 11.3 Å². The minimum absolute atomic E-state index is 0.366. The monoisotopic (exact) mass is 492 g/mol. The molecule has 10 nitrogen and oxygen atoms in total. The fraction of sp³-hybridized carbons (Fsp3) is 0.462. The largest absolute Gasteiger partial charge is 0.335 e. The number of benzene rings is 2. The molecule has 0 radical (unpaired) electrons. The molecule has 192 valence electrons. The number of carbonyl (C=O) groups is 2. The molecule has 6 N–H and O–H groups in total.